The van der Waals surface area contributed by atoms with Crippen LogP contribution in [-0.2, 0) is 9.59 Å². The summed E-state index contributed by atoms with van der Waals surface area (Å²) in [6.45, 7) is 3.60. The molecule has 0 spiro atoms. The summed E-state index contributed by atoms with van der Waals surface area (Å²) in [5.41, 5.74) is 0.669. The van der Waals surface area contributed by atoms with Gasteiger partial charge in [-0.15, -0.1) is 10.2 Å². The van der Waals surface area contributed by atoms with E-state index >= 15 is 0 Å². The molecule has 1 aromatic heterocycles. The van der Waals surface area contributed by atoms with Crippen LogP contribution in [-0.4, -0.2) is 34.9 Å². The van der Waals surface area contributed by atoms with Gasteiger partial charge in [0, 0.05) is 17.7 Å². The second kappa shape index (κ2) is 9.03. The molecule has 2 N–H and O–H groups in total. The first-order valence-corrected chi connectivity index (χ1v) is 8.68. The summed E-state index contributed by atoms with van der Waals surface area (Å²) < 4.78 is 5.11. The molecule has 2 rings (SSSR count). The highest BCUT2D eigenvalue weighted by Crippen LogP contribution is 2.19. The van der Waals surface area contributed by atoms with Crippen molar-refractivity contribution in [2.75, 3.05) is 23.5 Å². The van der Waals surface area contributed by atoms with E-state index in [2.05, 4.69) is 20.8 Å². The average molecular weight is 360 g/mol. The number of thioether (sulfide) groups is 1. The van der Waals surface area contributed by atoms with Crippen LogP contribution in [0.15, 0.2) is 41.4 Å². The van der Waals surface area contributed by atoms with Gasteiger partial charge in [0.15, 0.2) is 5.82 Å². The normalized spacial score (nSPS) is 10.4. The second-order valence-corrected chi connectivity index (χ2v) is 6.47. The number of nitrogens with one attached hydrogen (secondary N) is 2. The van der Waals surface area contributed by atoms with E-state index in [0.29, 0.717) is 22.3 Å². The van der Waals surface area contributed by atoms with Crippen molar-refractivity contribution in [2.24, 2.45) is 5.92 Å². The Morgan fingerprint density at radius 3 is 2.60 bits per heavy atom. The van der Waals surface area contributed by atoms with Gasteiger partial charge in [-0.2, -0.15) is 0 Å². The van der Waals surface area contributed by atoms with E-state index in [0.717, 1.165) is 0 Å². The summed E-state index contributed by atoms with van der Waals surface area (Å²) in [6.07, 6.45) is 0. The minimum Gasteiger partial charge on any atom is -0.497 e. The quantitative estimate of drug-likeness (QED) is 0.738. The molecule has 8 heteroatoms. The summed E-state index contributed by atoms with van der Waals surface area (Å²) in [5.74, 6) is 0.865. The Labute approximate surface area is 150 Å². The van der Waals surface area contributed by atoms with E-state index in [-0.39, 0.29) is 23.5 Å². The monoisotopic (exact) mass is 360 g/mol. The number of amides is 2. The number of carbonyl (C=O) groups excluding carboxylic acids is 2. The number of hydrogen-bond acceptors (Lipinski definition) is 6. The Kier molecular flexibility index (Phi) is 6.76. The molecular formula is C17H20N4O3S. The van der Waals surface area contributed by atoms with Crippen molar-refractivity contribution in [1.29, 1.82) is 0 Å². The number of methoxy groups -OCH3 is 1. The van der Waals surface area contributed by atoms with Crippen molar-refractivity contribution in [3.63, 3.8) is 0 Å². The van der Waals surface area contributed by atoms with Crippen LogP contribution in [0.25, 0.3) is 0 Å². The first kappa shape index (κ1) is 18.7. The van der Waals surface area contributed by atoms with Gasteiger partial charge in [0.05, 0.1) is 12.9 Å². The highest BCUT2D eigenvalue weighted by Gasteiger charge is 2.09. The molecule has 0 saturated heterocycles. The molecule has 0 atom stereocenters. The minimum absolute atomic E-state index is 0.118. The van der Waals surface area contributed by atoms with Crippen LogP contribution >= 0.6 is 11.8 Å². The van der Waals surface area contributed by atoms with Crippen molar-refractivity contribution in [3.8, 4) is 5.75 Å². The van der Waals surface area contributed by atoms with Gasteiger partial charge in [-0.25, -0.2) is 0 Å². The number of benzene rings is 1. The SMILES string of the molecule is COc1cccc(NC(=O)CSc2ccc(NC(=O)C(C)C)nn2)c1. The maximum absolute atomic E-state index is 12.0. The number of aromatic nitrogens is 2. The van der Waals surface area contributed by atoms with Crippen molar-refractivity contribution in [3.05, 3.63) is 36.4 Å². The second-order valence-electron chi connectivity index (χ2n) is 5.47. The van der Waals surface area contributed by atoms with Crippen LogP contribution in [0, 0.1) is 5.92 Å². The molecule has 1 aromatic carbocycles. The summed E-state index contributed by atoms with van der Waals surface area (Å²) in [4.78, 5) is 23.6. The lowest BCUT2D eigenvalue weighted by molar-refractivity contribution is -0.119. The molecule has 0 unspecified atom stereocenters. The largest absolute Gasteiger partial charge is 0.497 e. The lowest BCUT2D eigenvalue weighted by Crippen LogP contribution is -2.18. The summed E-state index contributed by atoms with van der Waals surface area (Å²) in [5, 5.41) is 14.0. The Bertz CT molecular complexity index is 735. The molecule has 0 saturated carbocycles. The molecule has 25 heavy (non-hydrogen) atoms. The van der Waals surface area contributed by atoms with Gasteiger partial charge >= 0.3 is 0 Å². The Morgan fingerprint density at radius 2 is 1.96 bits per heavy atom. The fraction of sp³-hybridized carbons (Fsp3) is 0.294. The van der Waals surface area contributed by atoms with Gasteiger partial charge in [-0.1, -0.05) is 31.7 Å². The third-order valence-corrected chi connectivity index (χ3v) is 4.04. The molecule has 7 nitrogen and oxygen atoms in total. The standard InChI is InChI=1S/C17H20N4O3S/c1-11(2)17(23)19-14-7-8-16(21-20-14)25-10-15(22)18-12-5-4-6-13(9-12)24-3/h4-9,11H,10H2,1-3H3,(H,18,22)(H,19,20,23). The van der Waals surface area contributed by atoms with E-state index in [1.807, 2.05) is 0 Å². The maximum atomic E-state index is 12.0. The molecule has 0 aliphatic rings. The van der Waals surface area contributed by atoms with Gasteiger partial charge in [0.25, 0.3) is 0 Å². The Morgan fingerprint density at radius 1 is 1.16 bits per heavy atom. The highest BCUT2D eigenvalue weighted by atomic mass is 32.2. The molecule has 0 aliphatic carbocycles. The summed E-state index contributed by atoms with van der Waals surface area (Å²) in [7, 11) is 1.57. The Hall–Kier alpha value is -2.61. The first-order valence-electron chi connectivity index (χ1n) is 7.69. The van der Waals surface area contributed by atoms with E-state index < -0.39 is 0 Å². The van der Waals surface area contributed by atoms with Gasteiger partial charge < -0.3 is 15.4 Å². The summed E-state index contributed by atoms with van der Waals surface area (Å²) in [6, 6.07) is 10.5. The summed E-state index contributed by atoms with van der Waals surface area (Å²) >= 11 is 1.26. The zero-order valence-electron chi connectivity index (χ0n) is 14.3. The molecular weight excluding hydrogens is 340 g/mol. The van der Waals surface area contributed by atoms with Crippen LogP contribution in [0.2, 0.25) is 0 Å². The van der Waals surface area contributed by atoms with Crippen LogP contribution in [0.4, 0.5) is 11.5 Å². The van der Waals surface area contributed by atoms with E-state index in [1.54, 1.807) is 57.4 Å². The van der Waals surface area contributed by atoms with Gasteiger partial charge in [0.1, 0.15) is 10.8 Å². The number of anilines is 2. The molecule has 0 radical (unpaired) electrons. The average Bonchev–Trinajstić information content (AvgIpc) is 2.61. The Balaban J connectivity index is 1.84. The van der Waals surface area contributed by atoms with Crippen molar-refractivity contribution in [2.45, 2.75) is 18.9 Å². The number of ether oxygens (including phenoxy) is 1. The van der Waals surface area contributed by atoms with Crippen LogP contribution in [0.5, 0.6) is 5.75 Å². The van der Waals surface area contributed by atoms with Gasteiger partial charge in [0.2, 0.25) is 11.8 Å². The molecule has 0 fully saturated rings. The smallest absolute Gasteiger partial charge is 0.234 e. The maximum Gasteiger partial charge on any atom is 0.234 e. The van der Waals surface area contributed by atoms with Crippen molar-refractivity contribution < 1.29 is 14.3 Å². The predicted molar refractivity (Wildman–Crippen MR) is 97.8 cm³/mol. The molecule has 1 heterocycles. The number of nitrogens with zero attached hydrogens (tertiary/aromatic N) is 2. The fourth-order valence-electron chi connectivity index (χ4n) is 1.77. The number of rotatable bonds is 7. The third kappa shape index (κ3) is 6.07. The zero-order chi connectivity index (χ0) is 18.2. The van der Waals surface area contributed by atoms with Gasteiger partial charge in [-0.05, 0) is 24.3 Å². The lowest BCUT2D eigenvalue weighted by Gasteiger charge is -2.07. The number of carbonyl (C=O) groups is 2. The predicted octanol–water partition coefficient (Wildman–Crippen LogP) is 2.81. The third-order valence-electron chi connectivity index (χ3n) is 3.12. The van der Waals surface area contributed by atoms with E-state index in [1.165, 1.54) is 11.8 Å². The van der Waals surface area contributed by atoms with Crippen LogP contribution < -0.4 is 15.4 Å². The molecule has 132 valence electrons. The van der Waals surface area contributed by atoms with Crippen molar-refractivity contribution >= 4 is 35.1 Å². The first-order chi connectivity index (χ1) is 12.0. The minimum atomic E-state index is -0.155. The molecule has 2 amide bonds. The zero-order valence-corrected chi connectivity index (χ0v) is 15.1. The topological polar surface area (TPSA) is 93.2 Å². The van der Waals surface area contributed by atoms with Crippen LogP contribution in [0.1, 0.15) is 13.8 Å². The number of hydrogen-bond donors (Lipinski definition) is 2. The highest BCUT2D eigenvalue weighted by molar-refractivity contribution is 7.99. The van der Waals surface area contributed by atoms with E-state index in [9.17, 15) is 9.59 Å². The van der Waals surface area contributed by atoms with E-state index in [4.69, 9.17) is 4.74 Å². The molecule has 0 aliphatic heterocycles. The molecule has 0 bridgehead atoms. The fourth-order valence-corrected chi connectivity index (χ4v) is 2.39. The van der Waals surface area contributed by atoms with Crippen LogP contribution in [0.3, 0.4) is 0 Å². The van der Waals surface area contributed by atoms with Gasteiger partial charge in [-0.3, -0.25) is 9.59 Å². The lowest BCUT2D eigenvalue weighted by atomic mass is 10.2. The van der Waals surface area contributed by atoms with Crippen molar-refractivity contribution in [1.82, 2.24) is 10.2 Å². The molecule has 2 aromatic rings.